The van der Waals surface area contributed by atoms with Crippen molar-refractivity contribution in [3.63, 3.8) is 0 Å². The Morgan fingerprint density at radius 2 is 1.71 bits per heavy atom. The van der Waals surface area contributed by atoms with Crippen molar-refractivity contribution in [2.75, 3.05) is 18.6 Å². The summed E-state index contributed by atoms with van der Waals surface area (Å²) < 4.78 is 19.5. The minimum absolute atomic E-state index is 0.122. The molecule has 0 aromatic heterocycles. The number of ether oxygens (including phenoxy) is 3. The molecule has 5 heterocycles. The van der Waals surface area contributed by atoms with Crippen LogP contribution >= 0.6 is 0 Å². The molecule has 0 N–H and O–H groups in total. The number of fused-ring (bicyclic) bond motifs is 3. The van der Waals surface area contributed by atoms with Crippen LogP contribution < -0.4 is 9.64 Å². The number of piperidine rings is 1. The van der Waals surface area contributed by atoms with Crippen molar-refractivity contribution < 1.29 is 23.8 Å². The first kappa shape index (κ1) is 25.8. The second-order valence-electron chi connectivity index (χ2n) is 12.6. The molecule has 0 aliphatic carbocycles. The quantitative estimate of drug-likeness (QED) is 0.360. The number of methoxy groups -OCH3 is 1. The van der Waals surface area contributed by atoms with Gasteiger partial charge in [-0.05, 0) is 48.4 Å². The summed E-state index contributed by atoms with van der Waals surface area (Å²) in [7, 11) is 1.46. The highest BCUT2D eigenvalue weighted by molar-refractivity contribution is 5.91. The van der Waals surface area contributed by atoms with Crippen LogP contribution in [0, 0.1) is 5.41 Å². The lowest BCUT2D eigenvalue weighted by atomic mass is 9.49. The summed E-state index contributed by atoms with van der Waals surface area (Å²) in [6.45, 7) is 3.82. The summed E-state index contributed by atoms with van der Waals surface area (Å²) in [4.78, 5) is 32.2. The maximum atomic E-state index is 14.1. The van der Waals surface area contributed by atoms with E-state index in [2.05, 4.69) is 48.2 Å². The fourth-order valence-corrected chi connectivity index (χ4v) is 9.74. The SMILES string of the molecule is CC[C@@]12CCC(=O)N3CC[C@@]45c6cccc(OCc7ccccc7)c6N(Cc6ccccc6)[C@@H]4[C@](C(=O)OC)(C1)O[C@]325. The number of esters is 1. The van der Waals surface area contributed by atoms with Crippen LogP contribution in [0.4, 0.5) is 5.69 Å². The molecule has 7 nitrogen and oxygen atoms in total. The Morgan fingerprint density at radius 1 is 0.976 bits per heavy atom. The average molecular weight is 565 g/mol. The minimum atomic E-state index is -1.21. The highest BCUT2D eigenvalue weighted by Crippen LogP contribution is 2.80. The maximum absolute atomic E-state index is 14.1. The highest BCUT2D eigenvalue weighted by atomic mass is 16.6. The number of amides is 1. The molecule has 1 amide bonds. The van der Waals surface area contributed by atoms with Gasteiger partial charge < -0.3 is 24.0 Å². The van der Waals surface area contributed by atoms with Gasteiger partial charge in [0.2, 0.25) is 5.91 Å². The molecule has 0 unspecified atom stereocenters. The molecule has 0 radical (unpaired) electrons. The van der Waals surface area contributed by atoms with Gasteiger partial charge in [0.15, 0.2) is 11.3 Å². The van der Waals surface area contributed by atoms with E-state index in [4.69, 9.17) is 14.2 Å². The summed E-state index contributed by atoms with van der Waals surface area (Å²) in [6, 6.07) is 26.5. The molecule has 7 heteroatoms. The topological polar surface area (TPSA) is 68.3 Å². The van der Waals surface area contributed by atoms with Gasteiger partial charge in [0.05, 0.1) is 24.3 Å². The Hall–Kier alpha value is -3.84. The third kappa shape index (κ3) is 2.90. The number of hydrogen-bond acceptors (Lipinski definition) is 6. The molecule has 2 spiro atoms. The van der Waals surface area contributed by atoms with E-state index in [1.165, 1.54) is 7.11 Å². The molecular weight excluding hydrogens is 528 g/mol. The maximum Gasteiger partial charge on any atom is 0.340 e. The summed E-state index contributed by atoms with van der Waals surface area (Å²) in [5.74, 6) is 0.564. The third-order valence-corrected chi connectivity index (χ3v) is 11.1. The molecule has 4 saturated heterocycles. The van der Waals surface area contributed by atoms with Crippen LogP contribution in [-0.4, -0.2) is 47.8 Å². The molecule has 3 aromatic rings. The van der Waals surface area contributed by atoms with E-state index in [-0.39, 0.29) is 23.3 Å². The Kier molecular flexibility index (Phi) is 5.43. The van der Waals surface area contributed by atoms with Crippen LogP contribution in [0.15, 0.2) is 78.9 Å². The molecule has 216 valence electrons. The standard InChI is InChI=1S/C35H36N2O5/c1-3-32-18-17-28(38)37-20-19-33-26-15-10-16-27(41-22-25-13-8-5-9-14-25)29(26)36(21-24-11-6-4-7-12-24)30(33)34(23-32,31(39)40-2)42-35(32,33)37/h4-16,30H,3,17-23H2,1-2H3/t30-,32+,33+,34-,35+/m0/s1. The van der Waals surface area contributed by atoms with Crippen LogP contribution in [-0.2, 0) is 37.6 Å². The predicted octanol–water partition coefficient (Wildman–Crippen LogP) is 5.36. The van der Waals surface area contributed by atoms with E-state index in [0.717, 1.165) is 41.0 Å². The van der Waals surface area contributed by atoms with Crippen molar-refractivity contribution in [1.82, 2.24) is 4.90 Å². The number of hydrogen-bond donors (Lipinski definition) is 0. The van der Waals surface area contributed by atoms with Gasteiger partial charge in [0.1, 0.15) is 12.4 Å². The van der Waals surface area contributed by atoms with E-state index in [0.29, 0.717) is 39.0 Å². The lowest BCUT2D eigenvalue weighted by molar-refractivity contribution is -0.211. The van der Waals surface area contributed by atoms with Gasteiger partial charge in [-0.1, -0.05) is 79.7 Å². The molecule has 5 atom stereocenters. The summed E-state index contributed by atoms with van der Waals surface area (Å²) in [5, 5.41) is 0. The van der Waals surface area contributed by atoms with Gasteiger partial charge in [-0.15, -0.1) is 0 Å². The molecular formula is C35H36N2O5. The number of carbonyl (C=O) groups excluding carboxylic acids is 2. The first-order chi connectivity index (χ1) is 20.5. The second kappa shape index (κ2) is 8.83. The summed E-state index contributed by atoms with van der Waals surface area (Å²) in [5.41, 5.74) is 1.28. The number of para-hydroxylation sites is 1. The molecule has 5 aliphatic rings. The molecule has 42 heavy (non-hydrogen) atoms. The molecule has 0 saturated carbocycles. The average Bonchev–Trinajstić information content (AvgIpc) is 3.71. The van der Waals surface area contributed by atoms with Gasteiger partial charge in [-0.3, -0.25) is 4.79 Å². The van der Waals surface area contributed by atoms with Crippen molar-refractivity contribution >= 4 is 17.6 Å². The number of nitrogens with zero attached hydrogens (tertiary/aromatic N) is 2. The number of benzene rings is 3. The van der Waals surface area contributed by atoms with Gasteiger partial charge in [-0.25, -0.2) is 4.79 Å². The highest BCUT2D eigenvalue weighted by Gasteiger charge is 2.92. The van der Waals surface area contributed by atoms with Crippen molar-refractivity contribution in [2.45, 2.75) is 75.0 Å². The van der Waals surface area contributed by atoms with Gasteiger partial charge in [0.25, 0.3) is 0 Å². The van der Waals surface area contributed by atoms with Gasteiger partial charge >= 0.3 is 5.97 Å². The first-order valence-corrected chi connectivity index (χ1v) is 15.2. The Balaban J connectivity index is 1.37. The van der Waals surface area contributed by atoms with Gasteiger partial charge in [0, 0.05) is 24.9 Å². The second-order valence-corrected chi connectivity index (χ2v) is 12.6. The Bertz CT molecular complexity index is 1580. The monoisotopic (exact) mass is 564 g/mol. The molecule has 8 rings (SSSR count). The smallest absolute Gasteiger partial charge is 0.340 e. The largest absolute Gasteiger partial charge is 0.487 e. The fourth-order valence-electron chi connectivity index (χ4n) is 9.74. The normalized spacial score (nSPS) is 33.4. The molecule has 2 bridgehead atoms. The van der Waals surface area contributed by atoms with Crippen molar-refractivity contribution in [2.24, 2.45) is 5.41 Å². The minimum Gasteiger partial charge on any atom is -0.487 e. The van der Waals surface area contributed by atoms with Gasteiger partial charge in [-0.2, -0.15) is 0 Å². The predicted molar refractivity (Wildman–Crippen MR) is 157 cm³/mol. The van der Waals surface area contributed by atoms with Crippen LogP contribution in [0.25, 0.3) is 0 Å². The summed E-state index contributed by atoms with van der Waals surface area (Å²) in [6.07, 6.45) is 3.29. The number of carbonyl (C=O) groups is 2. The summed E-state index contributed by atoms with van der Waals surface area (Å²) >= 11 is 0. The van der Waals surface area contributed by atoms with E-state index in [1.807, 2.05) is 47.4 Å². The van der Waals surface area contributed by atoms with Crippen LogP contribution in [0.1, 0.15) is 55.7 Å². The third-order valence-electron chi connectivity index (χ3n) is 11.1. The molecule has 5 aliphatic heterocycles. The zero-order chi connectivity index (χ0) is 28.7. The Morgan fingerprint density at radius 3 is 2.43 bits per heavy atom. The van der Waals surface area contributed by atoms with E-state index in [1.54, 1.807) is 0 Å². The van der Waals surface area contributed by atoms with Crippen molar-refractivity contribution in [3.05, 3.63) is 95.6 Å². The lowest BCUT2D eigenvalue weighted by Crippen LogP contribution is -2.71. The van der Waals surface area contributed by atoms with Crippen molar-refractivity contribution in [1.29, 1.82) is 0 Å². The van der Waals surface area contributed by atoms with Crippen LogP contribution in [0.5, 0.6) is 5.75 Å². The van der Waals surface area contributed by atoms with Crippen LogP contribution in [0.3, 0.4) is 0 Å². The van der Waals surface area contributed by atoms with Crippen molar-refractivity contribution in [3.8, 4) is 5.75 Å². The zero-order valence-corrected chi connectivity index (χ0v) is 24.2. The van der Waals surface area contributed by atoms with E-state index >= 15 is 0 Å². The number of anilines is 1. The Labute approximate surface area is 246 Å². The molecule has 4 fully saturated rings. The zero-order valence-electron chi connectivity index (χ0n) is 24.2. The number of rotatable bonds is 7. The fraction of sp³-hybridized carbons (Fsp3) is 0.429. The first-order valence-electron chi connectivity index (χ1n) is 15.2. The van der Waals surface area contributed by atoms with Crippen LogP contribution in [0.2, 0.25) is 0 Å². The van der Waals surface area contributed by atoms with E-state index < -0.39 is 16.7 Å². The van der Waals surface area contributed by atoms with E-state index in [9.17, 15) is 9.59 Å². The molecule has 3 aromatic carbocycles. The lowest BCUT2D eigenvalue weighted by Gasteiger charge is -2.58.